The standard InChI is InChI=1S/C17H19N3O3/c1-12-5-6-15(8-13(12)2)23-11-17(22)20-19-16(21)9-14-4-3-7-18-10-14/h3-8,10H,9,11H2,1-2H3,(H,19,21)(H,20,22). The Morgan fingerprint density at radius 3 is 2.57 bits per heavy atom. The Morgan fingerprint density at radius 2 is 1.87 bits per heavy atom. The summed E-state index contributed by atoms with van der Waals surface area (Å²) in [4.78, 5) is 27.3. The Bertz CT molecular complexity index is 687. The van der Waals surface area contributed by atoms with Gasteiger partial charge in [0.05, 0.1) is 6.42 Å². The summed E-state index contributed by atoms with van der Waals surface area (Å²) in [6.45, 7) is 3.81. The predicted molar refractivity (Wildman–Crippen MR) is 85.6 cm³/mol. The molecule has 120 valence electrons. The van der Waals surface area contributed by atoms with Crippen molar-refractivity contribution in [1.29, 1.82) is 0 Å². The second-order valence-corrected chi connectivity index (χ2v) is 5.17. The molecule has 1 heterocycles. The SMILES string of the molecule is Cc1ccc(OCC(=O)NNC(=O)Cc2cccnc2)cc1C. The average Bonchev–Trinajstić information content (AvgIpc) is 2.55. The molecule has 2 aromatic rings. The fourth-order valence-corrected chi connectivity index (χ4v) is 1.86. The van der Waals surface area contributed by atoms with Crippen molar-refractivity contribution >= 4 is 11.8 Å². The molecule has 0 spiro atoms. The van der Waals surface area contributed by atoms with Crippen LogP contribution in [-0.4, -0.2) is 23.4 Å². The van der Waals surface area contributed by atoms with E-state index < -0.39 is 5.91 Å². The number of nitrogens with one attached hydrogen (secondary N) is 2. The normalized spacial score (nSPS) is 10.0. The first-order chi connectivity index (χ1) is 11.0. The zero-order valence-corrected chi connectivity index (χ0v) is 13.1. The van der Waals surface area contributed by atoms with E-state index in [1.807, 2.05) is 26.0 Å². The number of carbonyl (C=O) groups excluding carboxylic acids is 2. The van der Waals surface area contributed by atoms with Crippen LogP contribution in [-0.2, 0) is 16.0 Å². The fourth-order valence-electron chi connectivity index (χ4n) is 1.86. The molecule has 2 rings (SSSR count). The third kappa shape index (κ3) is 5.43. The molecule has 0 unspecified atom stereocenters. The van der Waals surface area contributed by atoms with Crippen molar-refractivity contribution < 1.29 is 14.3 Å². The van der Waals surface area contributed by atoms with Crippen LogP contribution in [0, 0.1) is 13.8 Å². The van der Waals surface area contributed by atoms with Gasteiger partial charge in [-0.2, -0.15) is 0 Å². The molecule has 1 aromatic heterocycles. The van der Waals surface area contributed by atoms with Gasteiger partial charge < -0.3 is 4.74 Å². The van der Waals surface area contributed by atoms with Crippen LogP contribution in [0.25, 0.3) is 0 Å². The Labute approximate surface area is 134 Å². The number of aromatic nitrogens is 1. The Balaban J connectivity index is 1.72. The molecule has 2 amide bonds. The minimum atomic E-state index is -0.428. The van der Waals surface area contributed by atoms with Crippen LogP contribution in [0.15, 0.2) is 42.7 Å². The summed E-state index contributed by atoms with van der Waals surface area (Å²) in [5.74, 6) is -0.134. The van der Waals surface area contributed by atoms with Gasteiger partial charge in [-0.1, -0.05) is 12.1 Å². The van der Waals surface area contributed by atoms with Crippen LogP contribution in [0.3, 0.4) is 0 Å². The third-order valence-electron chi connectivity index (χ3n) is 3.28. The Kier molecular flexibility index (Phi) is 5.68. The largest absolute Gasteiger partial charge is 0.484 e. The van der Waals surface area contributed by atoms with E-state index in [4.69, 9.17) is 4.74 Å². The van der Waals surface area contributed by atoms with Gasteiger partial charge in [0, 0.05) is 12.4 Å². The molecule has 0 aliphatic carbocycles. The lowest BCUT2D eigenvalue weighted by Crippen LogP contribution is -2.44. The van der Waals surface area contributed by atoms with E-state index in [0.29, 0.717) is 5.75 Å². The molecule has 0 aliphatic rings. The molecule has 0 atom stereocenters. The summed E-state index contributed by atoms with van der Waals surface area (Å²) in [5.41, 5.74) is 7.67. The second-order valence-electron chi connectivity index (χ2n) is 5.17. The van der Waals surface area contributed by atoms with E-state index in [1.54, 1.807) is 30.6 Å². The van der Waals surface area contributed by atoms with Crippen molar-refractivity contribution in [3.8, 4) is 5.75 Å². The van der Waals surface area contributed by atoms with Crippen LogP contribution in [0.5, 0.6) is 5.75 Å². The van der Waals surface area contributed by atoms with Crippen molar-refractivity contribution in [2.75, 3.05) is 6.61 Å². The molecule has 23 heavy (non-hydrogen) atoms. The predicted octanol–water partition coefficient (Wildman–Crippen LogP) is 1.47. The zero-order chi connectivity index (χ0) is 16.7. The number of benzene rings is 1. The van der Waals surface area contributed by atoms with Crippen molar-refractivity contribution in [2.45, 2.75) is 20.3 Å². The highest BCUT2D eigenvalue weighted by Crippen LogP contribution is 2.16. The lowest BCUT2D eigenvalue weighted by molar-refractivity contribution is -0.129. The maximum absolute atomic E-state index is 11.7. The number of carbonyl (C=O) groups is 2. The van der Waals surface area contributed by atoms with Crippen LogP contribution in [0.4, 0.5) is 0 Å². The summed E-state index contributed by atoms with van der Waals surface area (Å²) in [6, 6.07) is 9.13. The van der Waals surface area contributed by atoms with Gasteiger partial charge in [0.25, 0.3) is 5.91 Å². The first-order valence-electron chi connectivity index (χ1n) is 7.21. The van der Waals surface area contributed by atoms with Crippen LogP contribution in [0.2, 0.25) is 0 Å². The number of rotatable bonds is 5. The van der Waals surface area contributed by atoms with Gasteiger partial charge in [-0.3, -0.25) is 25.4 Å². The molecule has 6 heteroatoms. The van der Waals surface area contributed by atoms with E-state index >= 15 is 0 Å². The quantitative estimate of drug-likeness (QED) is 0.819. The van der Waals surface area contributed by atoms with Crippen LogP contribution >= 0.6 is 0 Å². The zero-order valence-electron chi connectivity index (χ0n) is 13.1. The summed E-state index contributed by atoms with van der Waals surface area (Å²) in [5, 5.41) is 0. The van der Waals surface area contributed by atoms with Gasteiger partial charge in [0.1, 0.15) is 5.75 Å². The fraction of sp³-hybridized carbons (Fsp3) is 0.235. The highest BCUT2D eigenvalue weighted by molar-refractivity contribution is 5.83. The Morgan fingerprint density at radius 1 is 1.09 bits per heavy atom. The van der Waals surface area contributed by atoms with Gasteiger partial charge in [0.15, 0.2) is 6.61 Å². The second kappa shape index (κ2) is 7.93. The first-order valence-corrected chi connectivity index (χ1v) is 7.21. The van der Waals surface area contributed by atoms with Gasteiger partial charge >= 0.3 is 0 Å². The van der Waals surface area contributed by atoms with Crippen molar-refractivity contribution in [2.24, 2.45) is 0 Å². The molecule has 6 nitrogen and oxygen atoms in total. The van der Waals surface area contributed by atoms with E-state index in [9.17, 15) is 9.59 Å². The van der Waals surface area contributed by atoms with Crippen LogP contribution in [0.1, 0.15) is 16.7 Å². The molecule has 1 aromatic carbocycles. The Hall–Kier alpha value is -2.89. The summed E-state index contributed by atoms with van der Waals surface area (Å²) >= 11 is 0. The van der Waals surface area contributed by atoms with Crippen molar-refractivity contribution in [3.05, 3.63) is 59.4 Å². The van der Waals surface area contributed by atoms with E-state index in [0.717, 1.165) is 16.7 Å². The number of ether oxygens (including phenoxy) is 1. The highest BCUT2D eigenvalue weighted by atomic mass is 16.5. The average molecular weight is 313 g/mol. The smallest absolute Gasteiger partial charge is 0.276 e. The van der Waals surface area contributed by atoms with E-state index in [-0.39, 0.29) is 18.9 Å². The minimum Gasteiger partial charge on any atom is -0.484 e. The van der Waals surface area contributed by atoms with Gasteiger partial charge in [-0.05, 0) is 48.7 Å². The molecular formula is C17H19N3O3. The number of amides is 2. The number of pyridine rings is 1. The van der Waals surface area contributed by atoms with Gasteiger partial charge in [-0.25, -0.2) is 0 Å². The van der Waals surface area contributed by atoms with Crippen LogP contribution < -0.4 is 15.6 Å². The number of hydrazine groups is 1. The lowest BCUT2D eigenvalue weighted by Gasteiger charge is -2.10. The molecular weight excluding hydrogens is 294 g/mol. The molecule has 0 radical (unpaired) electrons. The maximum Gasteiger partial charge on any atom is 0.276 e. The maximum atomic E-state index is 11.7. The minimum absolute atomic E-state index is 0.145. The summed E-state index contributed by atoms with van der Waals surface area (Å²) in [7, 11) is 0. The number of hydrogen-bond acceptors (Lipinski definition) is 4. The number of hydrogen-bond donors (Lipinski definition) is 2. The van der Waals surface area contributed by atoms with Crippen molar-refractivity contribution in [3.63, 3.8) is 0 Å². The monoisotopic (exact) mass is 313 g/mol. The van der Waals surface area contributed by atoms with Gasteiger partial charge in [-0.15, -0.1) is 0 Å². The molecule has 0 saturated carbocycles. The lowest BCUT2D eigenvalue weighted by atomic mass is 10.1. The highest BCUT2D eigenvalue weighted by Gasteiger charge is 2.07. The molecule has 0 fully saturated rings. The topological polar surface area (TPSA) is 80.3 Å². The third-order valence-corrected chi connectivity index (χ3v) is 3.28. The summed E-state index contributed by atoms with van der Waals surface area (Å²) < 4.78 is 5.38. The van der Waals surface area contributed by atoms with Crippen molar-refractivity contribution in [1.82, 2.24) is 15.8 Å². The molecule has 0 bridgehead atoms. The molecule has 2 N–H and O–H groups in total. The number of nitrogens with zero attached hydrogens (tertiary/aromatic N) is 1. The molecule has 0 aliphatic heterocycles. The van der Waals surface area contributed by atoms with E-state index in [1.165, 1.54) is 0 Å². The van der Waals surface area contributed by atoms with E-state index in [2.05, 4.69) is 15.8 Å². The first kappa shape index (κ1) is 16.5. The number of aryl methyl sites for hydroxylation is 2. The molecule has 0 saturated heterocycles. The summed E-state index contributed by atoms with van der Waals surface area (Å²) in [6.07, 6.45) is 3.38. The van der Waals surface area contributed by atoms with Gasteiger partial charge in [0.2, 0.25) is 5.91 Å².